The van der Waals surface area contributed by atoms with Crippen LogP contribution in [-0.2, 0) is 6.18 Å². The van der Waals surface area contributed by atoms with Crippen LogP contribution in [0.4, 0.5) is 23.2 Å². The number of aromatic nitrogens is 1. The number of alkyl halides is 3. The molecule has 2 N–H and O–H groups in total. The molecule has 5 rings (SSSR count). The van der Waals surface area contributed by atoms with Crippen molar-refractivity contribution >= 4 is 34.0 Å². The number of halogens is 5. The highest BCUT2D eigenvalue weighted by atomic mass is 35.5. The molecule has 1 aliphatic rings. The molecule has 3 aromatic carbocycles. The molecule has 0 bridgehead atoms. The van der Waals surface area contributed by atoms with Crippen molar-refractivity contribution in [1.82, 2.24) is 4.98 Å². The highest BCUT2D eigenvalue weighted by Crippen LogP contribution is 2.40. The van der Waals surface area contributed by atoms with Crippen LogP contribution in [0.3, 0.4) is 0 Å². The molecule has 4 aromatic rings. The van der Waals surface area contributed by atoms with Crippen LogP contribution in [0.2, 0.25) is 0 Å². The Morgan fingerprint density at radius 2 is 1.65 bits per heavy atom. The molecule has 0 radical (unpaired) electrons. The minimum atomic E-state index is -4.79. The van der Waals surface area contributed by atoms with E-state index in [-0.39, 0.29) is 12.4 Å². The first-order valence-electron chi connectivity index (χ1n) is 9.30. The van der Waals surface area contributed by atoms with Gasteiger partial charge in [0.2, 0.25) is 5.69 Å². The summed E-state index contributed by atoms with van der Waals surface area (Å²) in [6.45, 7) is 0. The fraction of sp³-hybridized carbons (Fsp3) is 0.0417. The lowest BCUT2D eigenvalue weighted by Gasteiger charge is -2.14. The number of hydrogen-bond donors (Lipinski definition) is 2. The van der Waals surface area contributed by atoms with E-state index in [9.17, 15) is 17.6 Å². The lowest BCUT2D eigenvalue weighted by Crippen LogP contribution is -3.00. The molecule has 7 heteroatoms. The molecule has 31 heavy (non-hydrogen) atoms. The SMILES string of the molecule is Fc1ccc(C(=C2C=[NH+]c3ccccc32)c2c[nH]c3ccccc23)cc1C(F)(F)F.[Cl-]. The number of rotatable bonds is 2. The van der Waals surface area contributed by atoms with Gasteiger partial charge in [-0.15, -0.1) is 0 Å². The Kier molecular flexibility index (Phi) is 5.19. The van der Waals surface area contributed by atoms with Gasteiger partial charge in [-0.3, -0.25) is 0 Å². The number of aromatic amines is 1. The number of hydrogen-bond acceptors (Lipinski definition) is 0. The maximum Gasteiger partial charge on any atom is 0.419 e. The molecule has 0 atom stereocenters. The summed E-state index contributed by atoms with van der Waals surface area (Å²) >= 11 is 0. The first-order valence-corrected chi connectivity index (χ1v) is 9.30. The van der Waals surface area contributed by atoms with Crippen molar-refractivity contribution in [3.8, 4) is 0 Å². The number of H-pyrrole nitrogens is 1. The van der Waals surface area contributed by atoms with Crippen LogP contribution in [-0.4, -0.2) is 11.2 Å². The van der Waals surface area contributed by atoms with Gasteiger partial charge in [-0.05, 0) is 29.8 Å². The second-order valence-electron chi connectivity index (χ2n) is 7.06. The lowest BCUT2D eigenvalue weighted by molar-refractivity contribution is -0.342. The predicted molar refractivity (Wildman–Crippen MR) is 109 cm³/mol. The smallest absolute Gasteiger partial charge is 0.419 e. The van der Waals surface area contributed by atoms with E-state index in [1.54, 1.807) is 12.4 Å². The fourth-order valence-electron chi connectivity index (χ4n) is 3.91. The van der Waals surface area contributed by atoms with Crippen LogP contribution < -0.4 is 17.4 Å². The average molecular weight is 443 g/mol. The molecule has 0 saturated carbocycles. The predicted octanol–water partition coefficient (Wildman–Crippen LogP) is 2.09. The van der Waals surface area contributed by atoms with Gasteiger partial charge >= 0.3 is 6.18 Å². The van der Waals surface area contributed by atoms with E-state index in [0.29, 0.717) is 11.1 Å². The van der Waals surface area contributed by atoms with Crippen molar-refractivity contribution in [2.24, 2.45) is 0 Å². The Bertz CT molecular complexity index is 1350. The van der Waals surface area contributed by atoms with Crippen molar-refractivity contribution in [3.05, 3.63) is 101 Å². The topological polar surface area (TPSA) is 29.8 Å². The van der Waals surface area contributed by atoms with Gasteiger partial charge in [0.05, 0.1) is 16.7 Å². The van der Waals surface area contributed by atoms with Gasteiger partial charge in [-0.1, -0.05) is 36.4 Å². The van der Waals surface area contributed by atoms with Gasteiger partial charge in [-0.2, -0.15) is 13.2 Å². The van der Waals surface area contributed by atoms with E-state index >= 15 is 0 Å². The summed E-state index contributed by atoms with van der Waals surface area (Å²) in [5.74, 6) is -1.29. The number of allylic oxidation sites excluding steroid dienone is 1. The minimum Gasteiger partial charge on any atom is -1.00 e. The van der Waals surface area contributed by atoms with E-state index in [2.05, 4.69) is 9.98 Å². The highest BCUT2D eigenvalue weighted by molar-refractivity contribution is 6.24. The van der Waals surface area contributed by atoms with Crippen LogP contribution in [0, 0.1) is 5.82 Å². The van der Waals surface area contributed by atoms with Gasteiger partial charge in [0.25, 0.3) is 0 Å². The summed E-state index contributed by atoms with van der Waals surface area (Å²) in [5, 5.41) is 0.871. The largest absolute Gasteiger partial charge is 1.00 e. The van der Waals surface area contributed by atoms with E-state index in [4.69, 9.17) is 0 Å². The minimum absolute atomic E-state index is 0. The summed E-state index contributed by atoms with van der Waals surface area (Å²) in [6.07, 6.45) is -1.23. The van der Waals surface area contributed by atoms with Crippen LogP contribution in [0.1, 0.15) is 22.3 Å². The molecule has 0 fully saturated rings. The number of nitrogens with one attached hydrogen (secondary N) is 2. The Balaban J connectivity index is 0.00000231. The van der Waals surface area contributed by atoms with Crippen LogP contribution in [0.25, 0.3) is 22.0 Å². The molecule has 0 amide bonds. The van der Waals surface area contributed by atoms with Crippen molar-refractivity contribution in [2.75, 3.05) is 0 Å². The molecule has 0 aliphatic carbocycles. The van der Waals surface area contributed by atoms with Crippen LogP contribution in [0.15, 0.2) is 72.9 Å². The third kappa shape index (κ3) is 3.53. The zero-order valence-electron chi connectivity index (χ0n) is 15.9. The summed E-state index contributed by atoms with van der Waals surface area (Å²) < 4.78 is 54.2. The summed E-state index contributed by atoms with van der Waals surface area (Å²) in [7, 11) is 0. The Morgan fingerprint density at radius 3 is 2.45 bits per heavy atom. The molecule has 1 aliphatic heterocycles. The summed E-state index contributed by atoms with van der Waals surface area (Å²) in [4.78, 5) is 6.35. The Hall–Kier alpha value is -3.38. The zero-order chi connectivity index (χ0) is 20.9. The molecule has 156 valence electrons. The van der Waals surface area contributed by atoms with E-state index in [1.807, 2.05) is 48.5 Å². The number of fused-ring (bicyclic) bond motifs is 2. The summed E-state index contributed by atoms with van der Waals surface area (Å²) in [5.41, 5.74) is 3.69. The Morgan fingerprint density at radius 1 is 0.903 bits per heavy atom. The second-order valence-corrected chi connectivity index (χ2v) is 7.06. The van der Waals surface area contributed by atoms with Gasteiger partial charge < -0.3 is 17.4 Å². The monoisotopic (exact) mass is 442 g/mol. The van der Waals surface area contributed by atoms with Gasteiger partial charge in [0.15, 0.2) is 6.21 Å². The van der Waals surface area contributed by atoms with Gasteiger partial charge in [0, 0.05) is 34.3 Å². The third-order valence-corrected chi connectivity index (χ3v) is 5.28. The first-order chi connectivity index (χ1) is 14.4. The molecular formula is C24H15ClF4N2. The van der Waals surface area contributed by atoms with Gasteiger partial charge in [-0.25, -0.2) is 9.38 Å². The first kappa shape index (κ1) is 20.9. The highest BCUT2D eigenvalue weighted by Gasteiger charge is 2.35. The zero-order valence-corrected chi connectivity index (χ0v) is 16.7. The van der Waals surface area contributed by atoms with Crippen LogP contribution in [0.5, 0.6) is 0 Å². The summed E-state index contributed by atoms with van der Waals surface area (Å²) in [6, 6.07) is 18.3. The van der Waals surface area contributed by atoms with Crippen molar-refractivity contribution in [3.63, 3.8) is 0 Å². The molecule has 0 unspecified atom stereocenters. The van der Waals surface area contributed by atoms with E-state index < -0.39 is 17.6 Å². The number of benzene rings is 3. The van der Waals surface area contributed by atoms with E-state index in [1.165, 1.54) is 6.07 Å². The maximum absolute atomic E-state index is 14.0. The lowest BCUT2D eigenvalue weighted by atomic mass is 9.89. The molecular weight excluding hydrogens is 428 g/mol. The fourth-order valence-corrected chi connectivity index (χ4v) is 3.91. The van der Waals surface area contributed by atoms with Crippen molar-refractivity contribution < 1.29 is 35.0 Å². The quantitative estimate of drug-likeness (QED) is 0.445. The number of para-hydroxylation sites is 2. The van der Waals surface area contributed by atoms with E-state index in [0.717, 1.165) is 45.4 Å². The molecule has 2 heterocycles. The molecule has 0 saturated heterocycles. The molecule has 0 spiro atoms. The maximum atomic E-state index is 14.0. The Labute approximate surface area is 181 Å². The van der Waals surface area contributed by atoms with Crippen molar-refractivity contribution in [2.45, 2.75) is 6.18 Å². The average Bonchev–Trinajstić information content (AvgIpc) is 3.34. The van der Waals surface area contributed by atoms with Crippen molar-refractivity contribution in [1.29, 1.82) is 0 Å². The standard InChI is InChI=1S/C24H14F4N2.ClH/c25-20-10-9-14(11-19(20)24(26,27)28)23(17-12-29-21-7-3-1-5-15(17)21)18-13-30-22-8-4-2-6-16(18)22;/h1-13,29H;1H. The van der Waals surface area contributed by atoms with Crippen LogP contribution >= 0.6 is 0 Å². The molecule has 1 aromatic heterocycles. The third-order valence-electron chi connectivity index (χ3n) is 5.28. The second kappa shape index (κ2) is 7.71. The molecule has 2 nitrogen and oxygen atoms in total. The normalized spacial score (nSPS) is 14.5. The van der Waals surface area contributed by atoms with Gasteiger partial charge in [0.1, 0.15) is 5.82 Å².